The molecule has 3 heterocycles. The third-order valence-electron chi connectivity index (χ3n) is 15.7. The van der Waals surface area contributed by atoms with Crippen molar-refractivity contribution >= 4 is 76.9 Å². The highest BCUT2D eigenvalue weighted by molar-refractivity contribution is 6.01. The van der Waals surface area contributed by atoms with E-state index in [1.54, 1.807) is 13.8 Å². The Kier molecular flexibility index (Phi) is 26.8. The number of nitrogens with one attached hydrogen (secondary N) is 9. The zero-order valence-electron chi connectivity index (χ0n) is 55.2. The Bertz CT molecular complexity index is 2550. The van der Waals surface area contributed by atoms with Gasteiger partial charge in [-0.05, 0) is 144 Å². The van der Waals surface area contributed by atoms with E-state index in [9.17, 15) is 62.3 Å². The fourth-order valence-corrected chi connectivity index (χ4v) is 11.1. The lowest BCUT2D eigenvalue weighted by Gasteiger charge is -2.36. The van der Waals surface area contributed by atoms with E-state index in [2.05, 4.69) is 47.9 Å². The Morgan fingerprint density at radius 1 is 0.437 bits per heavy atom. The molecule has 0 aromatic carbocycles. The van der Waals surface area contributed by atoms with E-state index < -0.39 is 147 Å². The van der Waals surface area contributed by atoms with Crippen molar-refractivity contribution in [2.24, 2.45) is 23.7 Å². The first-order valence-electron chi connectivity index (χ1n) is 30.9. The highest BCUT2D eigenvalue weighted by atomic mass is 16.5. The summed E-state index contributed by atoms with van der Waals surface area (Å²) in [5.41, 5.74) is -6.30. The Morgan fingerprint density at radius 3 is 1.20 bits per heavy atom. The average Bonchev–Trinajstić information content (AvgIpc) is 2.07. The van der Waals surface area contributed by atoms with E-state index in [1.807, 2.05) is 41.5 Å². The smallest absolute Gasteiger partial charge is 0.302 e. The normalized spacial score (nSPS) is 19.1. The van der Waals surface area contributed by atoms with Gasteiger partial charge in [0, 0.05) is 33.5 Å². The maximum absolute atomic E-state index is 14.4. The van der Waals surface area contributed by atoms with Gasteiger partial charge in [-0.15, -0.1) is 0 Å². The SMILES string of the molecule is CC(=O)N[C@@H](CC(C)C)C(=O)NC(C)(C)C(=O)N1CCC[C@@H]1C(=O)NC(C)(C)C(=O)N[C@@H](CC(C)C)C(=O)NC(C)(C)C(=O)N1CCC[C@@H]1C(=O)N[C@@H](C)C(=O)NC(C)(C)C(=O)N1CCC[C@@H]1C(=O)N[C@@H](C(=O)N[C@@H](COC(C)=O)CC(C)C)C(C)C. The lowest BCUT2D eigenvalue weighted by atomic mass is 9.97. The molecule has 0 bridgehead atoms. The molecule has 87 heavy (non-hydrogen) atoms. The Labute approximate surface area is 514 Å². The first kappa shape index (κ1) is 74.4. The van der Waals surface area contributed by atoms with Gasteiger partial charge < -0.3 is 67.3 Å². The second-order valence-corrected chi connectivity index (χ2v) is 27.6. The molecule has 12 amide bonds. The maximum Gasteiger partial charge on any atom is 0.302 e. The summed E-state index contributed by atoms with van der Waals surface area (Å²) in [5.74, 6) is -7.88. The molecular weight excluding hydrogens is 1120 g/mol. The number of hydrogen-bond acceptors (Lipinski definition) is 14. The lowest BCUT2D eigenvalue weighted by Crippen LogP contribution is -2.65. The van der Waals surface area contributed by atoms with Crippen molar-refractivity contribution in [1.82, 2.24) is 62.6 Å². The van der Waals surface area contributed by atoms with Gasteiger partial charge in [0.05, 0.1) is 6.04 Å². The number of carbonyl (C=O) groups is 13. The van der Waals surface area contributed by atoms with E-state index in [0.717, 1.165) is 0 Å². The summed E-state index contributed by atoms with van der Waals surface area (Å²) >= 11 is 0. The molecule has 3 aliphatic heterocycles. The third-order valence-corrected chi connectivity index (χ3v) is 15.7. The van der Waals surface area contributed by atoms with Gasteiger partial charge in [0.15, 0.2) is 0 Å². The second-order valence-electron chi connectivity index (χ2n) is 27.6. The zero-order chi connectivity index (χ0) is 66.4. The van der Waals surface area contributed by atoms with Gasteiger partial charge >= 0.3 is 5.97 Å². The Balaban J connectivity index is 1.66. The molecule has 3 saturated heterocycles. The van der Waals surface area contributed by atoms with Crippen LogP contribution in [0.25, 0.3) is 0 Å². The second kappa shape index (κ2) is 31.3. The molecular formula is C61H104N12O14. The van der Waals surface area contributed by atoms with E-state index in [4.69, 9.17) is 4.74 Å². The van der Waals surface area contributed by atoms with E-state index in [0.29, 0.717) is 38.5 Å². The summed E-state index contributed by atoms with van der Waals surface area (Å²) in [6, 6.07) is -7.75. The quantitative estimate of drug-likeness (QED) is 0.0478. The molecule has 26 heteroatoms. The molecule has 9 N–H and O–H groups in total. The number of esters is 1. The monoisotopic (exact) mass is 1230 g/mol. The summed E-state index contributed by atoms with van der Waals surface area (Å²) in [7, 11) is 0. The molecule has 3 rings (SSSR count). The molecule has 3 fully saturated rings. The molecule has 0 aliphatic carbocycles. The van der Waals surface area contributed by atoms with Crippen molar-refractivity contribution in [1.29, 1.82) is 0 Å². The number of amides is 12. The summed E-state index contributed by atoms with van der Waals surface area (Å²) in [5, 5.41) is 24.7. The van der Waals surface area contributed by atoms with Gasteiger partial charge in [0.2, 0.25) is 70.9 Å². The lowest BCUT2D eigenvalue weighted by molar-refractivity contribution is -0.147. The van der Waals surface area contributed by atoms with Crippen molar-refractivity contribution in [2.45, 2.75) is 260 Å². The molecule has 0 aromatic heterocycles. The molecule has 492 valence electrons. The van der Waals surface area contributed by atoms with Crippen LogP contribution in [0.3, 0.4) is 0 Å². The van der Waals surface area contributed by atoms with Crippen LogP contribution in [0.1, 0.15) is 189 Å². The zero-order valence-corrected chi connectivity index (χ0v) is 55.2. The fraction of sp³-hybridized carbons (Fsp3) is 0.787. The predicted octanol–water partition coefficient (Wildman–Crippen LogP) is 1.36. The molecule has 0 spiro atoms. The van der Waals surface area contributed by atoms with Gasteiger partial charge in [-0.3, -0.25) is 62.3 Å². The maximum atomic E-state index is 14.4. The summed E-state index contributed by atoms with van der Waals surface area (Å²) in [6.07, 6.45) is 3.16. The van der Waals surface area contributed by atoms with Gasteiger partial charge in [-0.1, -0.05) is 55.4 Å². The van der Waals surface area contributed by atoms with Crippen LogP contribution in [0, 0.1) is 23.7 Å². The number of rotatable bonds is 29. The van der Waals surface area contributed by atoms with Crippen LogP contribution in [0.15, 0.2) is 0 Å². The molecule has 26 nitrogen and oxygen atoms in total. The number of likely N-dealkylation sites (tertiary alicyclic amines) is 3. The van der Waals surface area contributed by atoms with Crippen LogP contribution in [0.2, 0.25) is 0 Å². The van der Waals surface area contributed by atoms with Crippen LogP contribution >= 0.6 is 0 Å². The van der Waals surface area contributed by atoms with Crippen molar-refractivity contribution in [2.75, 3.05) is 26.2 Å². The summed E-state index contributed by atoms with van der Waals surface area (Å²) < 4.78 is 5.18. The molecule has 0 aromatic rings. The molecule has 3 aliphatic rings. The van der Waals surface area contributed by atoms with E-state index >= 15 is 0 Å². The summed E-state index contributed by atoms with van der Waals surface area (Å²) in [4.78, 5) is 181. The van der Waals surface area contributed by atoms with E-state index in [-0.39, 0.29) is 69.2 Å². The standard InChI is InChI=1S/C61H104N12O14/c1-33(2)29-40(32-87-39(11)75)64-53(82)46(36(7)8)66-51(80)44-24-21-27-72(44)55(84)59(14,15)67-47(76)37(9)62-50(79)43-23-20-26-71(43)56(85)60(16,17)69-49(78)42(31-35(5)6)65-54(83)58(12,13)70-52(81)45-25-22-28-73(45)57(86)61(18,19)68-48(77)41(30-34(3)4)63-38(10)74/h33-37,40-46H,20-32H2,1-19H3,(H,62,79)(H,63,74)(H,64,82)(H,65,83)(H,66,80)(H,67,76)(H,68,77)(H,69,78)(H,70,81)/t37-,40+,41-,42-,43+,44+,45+,46+/m0/s1. The van der Waals surface area contributed by atoms with E-state index in [1.165, 1.54) is 90.9 Å². The molecule has 0 saturated carbocycles. The van der Waals surface area contributed by atoms with Crippen molar-refractivity contribution in [3.63, 3.8) is 0 Å². The van der Waals surface area contributed by atoms with Crippen LogP contribution in [0.4, 0.5) is 0 Å². The number of nitrogens with zero attached hydrogens (tertiary/aromatic N) is 3. The minimum atomic E-state index is -1.63. The van der Waals surface area contributed by atoms with Crippen LogP contribution in [0.5, 0.6) is 0 Å². The molecule has 8 atom stereocenters. The van der Waals surface area contributed by atoms with Crippen LogP contribution in [-0.4, -0.2) is 188 Å². The van der Waals surface area contributed by atoms with Gasteiger partial charge in [-0.25, -0.2) is 0 Å². The topological polar surface area (TPSA) is 349 Å². The highest BCUT2D eigenvalue weighted by Crippen LogP contribution is 2.27. The first-order chi connectivity index (χ1) is 40.0. The van der Waals surface area contributed by atoms with Crippen LogP contribution < -0.4 is 47.9 Å². The highest BCUT2D eigenvalue weighted by Gasteiger charge is 2.48. The Hall–Kier alpha value is -6.89. The predicted molar refractivity (Wildman–Crippen MR) is 324 cm³/mol. The van der Waals surface area contributed by atoms with Gasteiger partial charge in [0.25, 0.3) is 0 Å². The first-order valence-corrected chi connectivity index (χ1v) is 30.9. The summed E-state index contributed by atoms with van der Waals surface area (Å²) in [6.45, 7) is 31.3. The minimum absolute atomic E-state index is 0.0339. The largest absolute Gasteiger partial charge is 0.464 e. The minimum Gasteiger partial charge on any atom is -0.464 e. The number of ether oxygens (including phenoxy) is 1. The number of hydrogen-bond donors (Lipinski definition) is 9. The van der Waals surface area contributed by atoms with Crippen molar-refractivity contribution < 1.29 is 67.1 Å². The van der Waals surface area contributed by atoms with Crippen molar-refractivity contribution in [3.05, 3.63) is 0 Å². The van der Waals surface area contributed by atoms with Gasteiger partial charge in [-0.2, -0.15) is 0 Å². The van der Waals surface area contributed by atoms with Crippen LogP contribution in [-0.2, 0) is 67.1 Å². The third kappa shape index (κ3) is 21.4. The average molecular weight is 1230 g/mol. The fourth-order valence-electron chi connectivity index (χ4n) is 11.1. The molecule has 0 radical (unpaired) electrons. The van der Waals surface area contributed by atoms with Crippen molar-refractivity contribution in [3.8, 4) is 0 Å². The number of carbonyl (C=O) groups excluding carboxylic acids is 13. The van der Waals surface area contributed by atoms with Gasteiger partial charge in [0.1, 0.15) is 71.1 Å². The Morgan fingerprint density at radius 2 is 0.816 bits per heavy atom. The molecule has 0 unspecified atom stereocenters.